The van der Waals surface area contributed by atoms with Crippen molar-refractivity contribution in [2.24, 2.45) is 10.9 Å². The molecule has 0 unspecified atom stereocenters. The Morgan fingerprint density at radius 1 is 1.40 bits per heavy atom. The first-order valence-corrected chi connectivity index (χ1v) is 7.09. The fraction of sp³-hybridized carbons (Fsp3) is 0.462. The zero-order valence-corrected chi connectivity index (χ0v) is 13.0. The molecule has 0 aromatic carbocycles. The van der Waals surface area contributed by atoms with Crippen molar-refractivity contribution in [3.05, 3.63) is 21.6 Å². The fourth-order valence-corrected chi connectivity index (χ4v) is 1.79. The van der Waals surface area contributed by atoms with Gasteiger partial charge in [0.15, 0.2) is 5.71 Å². The van der Waals surface area contributed by atoms with E-state index in [-0.39, 0.29) is 5.71 Å². The second-order valence-electron chi connectivity index (χ2n) is 3.87. The summed E-state index contributed by atoms with van der Waals surface area (Å²) < 4.78 is 0. The Labute approximate surface area is 123 Å². The standard InChI is InChI=1S/C13H21N3O3S/c1-5-9(3)12(14)20-7-10(4)11(16-19-6-2)13(18)15-8-17/h7-8H,5-6,14H2,1-4H3,(H,15,17,18)/b10-7+,12-9?,16-11-. The normalized spacial score (nSPS) is 13.6. The molecule has 0 fully saturated rings. The zero-order chi connectivity index (χ0) is 15.5. The molecular weight excluding hydrogens is 278 g/mol. The predicted molar refractivity (Wildman–Crippen MR) is 81.8 cm³/mol. The Balaban J connectivity index is 5.09. The highest BCUT2D eigenvalue weighted by atomic mass is 32.2. The molecule has 2 amide bonds. The zero-order valence-electron chi connectivity index (χ0n) is 12.2. The van der Waals surface area contributed by atoms with Crippen LogP contribution in [0.2, 0.25) is 0 Å². The van der Waals surface area contributed by atoms with Crippen LogP contribution in [0.5, 0.6) is 0 Å². The number of hydrogen-bond acceptors (Lipinski definition) is 6. The minimum Gasteiger partial charge on any atom is -0.395 e. The average Bonchev–Trinajstić information content (AvgIpc) is 2.44. The molecule has 0 spiro atoms. The number of oxime groups is 1. The van der Waals surface area contributed by atoms with Crippen LogP contribution >= 0.6 is 11.8 Å². The quantitative estimate of drug-likeness (QED) is 0.405. The molecule has 0 heterocycles. The Morgan fingerprint density at radius 2 is 2.05 bits per heavy atom. The Morgan fingerprint density at radius 3 is 2.55 bits per heavy atom. The molecule has 0 aromatic rings. The molecule has 0 saturated heterocycles. The summed E-state index contributed by atoms with van der Waals surface area (Å²) in [5.74, 6) is -0.613. The highest BCUT2D eigenvalue weighted by Crippen LogP contribution is 2.19. The average molecular weight is 299 g/mol. The number of thioether (sulfide) groups is 1. The highest BCUT2D eigenvalue weighted by molar-refractivity contribution is 8.05. The third-order valence-electron chi connectivity index (χ3n) is 2.38. The number of carbonyl (C=O) groups is 2. The Hall–Kier alpha value is -1.76. The third kappa shape index (κ3) is 6.42. The van der Waals surface area contributed by atoms with E-state index in [4.69, 9.17) is 10.6 Å². The van der Waals surface area contributed by atoms with Gasteiger partial charge in [-0.15, -0.1) is 0 Å². The Bertz CT molecular complexity index is 442. The minimum atomic E-state index is -0.613. The topological polar surface area (TPSA) is 93.8 Å². The van der Waals surface area contributed by atoms with E-state index in [1.54, 1.807) is 19.3 Å². The summed E-state index contributed by atoms with van der Waals surface area (Å²) in [5.41, 5.74) is 7.56. The van der Waals surface area contributed by atoms with Crippen LogP contribution in [0.1, 0.15) is 34.1 Å². The van der Waals surface area contributed by atoms with Crippen LogP contribution in [-0.2, 0) is 14.4 Å². The summed E-state index contributed by atoms with van der Waals surface area (Å²) >= 11 is 1.31. The smallest absolute Gasteiger partial charge is 0.279 e. The van der Waals surface area contributed by atoms with E-state index in [1.165, 1.54) is 11.8 Å². The molecule has 0 rings (SSSR count). The van der Waals surface area contributed by atoms with Crippen LogP contribution in [0.15, 0.2) is 26.7 Å². The number of allylic oxidation sites excluding steroid dienone is 1. The molecule has 0 bridgehead atoms. The predicted octanol–water partition coefficient (Wildman–Crippen LogP) is 1.89. The largest absolute Gasteiger partial charge is 0.395 e. The Kier molecular flexibility index (Phi) is 9.19. The van der Waals surface area contributed by atoms with E-state index in [2.05, 4.69) is 5.16 Å². The maximum atomic E-state index is 11.7. The fourth-order valence-electron chi connectivity index (χ4n) is 1.03. The molecule has 7 heteroatoms. The van der Waals surface area contributed by atoms with Gasteiger partial charge in [-0.3, -0.25) is 14.9 Å². The van der Waals surface area contributed by atoms with Gasteiger partial charge in [0.25, 0.3) is 5.91 Å². The number of nitrogens with two attached hydrogens (primary N) is 1. The van der Waals surface area contributed by atoms with Crippen molar-refractivity contribution in [3.63, 3.8) is 0 Å². The molecule has 20 heavy (non-hydrogen) atoms. The van der Waals surface area contributed by atoms with Crippen molar-refractivity contribution in [1.29, 1.82) is 0 Å². The van der Waals surface area contributed by atoms with Gasteiger partial charge in [-0.05, 0) is 43.7 Å². The van der Waals surface area contributed by atoms with E-state index in [1.807, 2.05) is 19.2 Å². The van der Waals surface area contributed by atoms with Crippen molar-refractivity contribution in [3.8, 4) is 0 Å². The van der Waals surface area contributed by atoms with E-state index < -0.39 is 5.91 Å². The van der Waals surface area contributed by atoms with E-state index in [0.717, 1.165) is 12.0 Å². The lowest BCUT2D eigenvalue weighted by Gasteiger charge is -2.06. The molecule has 0 atom stereocenters. The molecule has 0 aliphatic carbocycles. The number of carbonyl (C=O) groups excluding carboxylic acids is 2. The maximum Gasteiger partial charge on any atom is 0.279 e. The lowest BCUT2D eigenvalue weighted by Crippen LogP contribution is -2.30. The SMILES string of the molecule is CCO/N=C(C(=O)NC=O)/C(C)=C/SC(N)=C(C)CC. The van der Waals surface area contributed by atoms with Crippen molar-refractivity contribution >= 4 is 29.8 Å². The van der Waals surface area contributed by atoms with Crippen LogP contribution in [0, 0.1) is 0 Å². The van der Waals surface area contributed by atoms with Gasteiger partial charge >= 0.3 is 0 Å². The van der Waals surface area contributed by atoms with Crippen LogP contribution < -0.4 is 11.1 Å². The van der Waals surface area contributed by atoms with Crippen LogP contribution in [0.4, 0.5) is 0 Å². The first-order valence-electron chi connectivity index (χ1n) is 6.21. The molecular formula is C13H21N3O3S. The van der Waals surface area contributed by atoms with E-state index in [0.29, 0.717) is 23.6 Å². The molecule has 6 nitrogen and oxygen atoms in total. The molecule has 0 saturated carbocycles. The van der Waals surface area contributed by atoms with Gasteiger partial charge in [-0.2, -0.15) is 0 Å². The van der Waals surface area contributed by atoms with E-state index in [9.17, 15) is 9.59 Å². The summed E-state index contributed by atoms with van der Waals surface area (Å²) in [4.78, 5) is 26.9. The maximum absolute atomic E-state index is 11.7. The first-order chi connectivity index (χ1) is 9.47. The highest BCUT2D eigenvalue weighted by Gasteiger charge is 2.14. The molecule has 0 aliphatic heterocycles. The minimum absolute atomic E-state index is 0.0494. The number of amides is 2. The molecule has 3 N–H and O–H groups in total. The summed E-state index contributed by atoms with van der Waals surface area (Å²) in [6.45, 7) is 7.73. The van der Waals surface area contributed by atoms with Crippen LogP contribution in [0.3, 0.4) is 0 Å². The molecule has 0 aliphatic rings. The van der Waals surface area contributed by atoms with Gasteiger partial charge in [-0.1, -0.05) is 23.8 Å². The van der Waals surface area contributed by atoms with Crippen molar-refractivity contribution in [2.75, 3.05) is 6.61 Å². The van der Waals surface area contributed by atoms with Crippen LogP contribution in [-0.4, -0.2) is 24.6 Å². The molecule has 0 aromatic heterocycles. The van der Waals surface area contributed by atoms with Gasteiger partial charge in [0, 0.05) is 0 Å². The van der Waals surface area contributed by atoms with Gasteiger partial charge < -0.3 is 10.6 Å². The van der Waals surface area contributed by atoms with Gasteiger partial charge in [0.2, 0.25) is 6.41 Å². The summed E-state index contributed by atoms with van der Waals surface area (Å²) in [7, 11) is 0. The number of rotatable bonds is 8. The van der Waals surface area contributed by atoms with Crippen molar-refractivity contribution < 1.29 is 14.4 Å². The molecule has 0 radical (unpaired) electrons. The second-order valence-corrected chi connectivity index (χ2v) is 4.78. The van der Waals surface area contributed by atoms with E-state index >= 15 is 0 Å². The van der Waals surface area contributed by atoms with Gasteiger partial charge in [0.05, 0.1) is 5.03 Å². The first kappa shape index (κ1) is 18.2. The number of nitrogens with zero attached hydrogens (tertiary/aromatic N) is 1. The van der Waals surface area contributed by atoms with Crippen molar-refractivity contribution in [1.82, 2.24) is 5.32 Å². The van der Waals surface area contributed by atoms with Gasteiger partial charge in [-0.25, -0.2) is 0 Å². The van der Waals surface area contributed by atoms with Crippen LogP contribution in [0.25, 0.3) is 0 Å². The summed E-state index contributed by atoms with van der Waals surface area (Å²) in [6, 6.07) is 0. The lowest BCUT2D eigenvalue weighted by molar-refractivity contribution is -0.120. The molecule has 112 valence electrons. The monoisotopic (exact) mass is 299 g/mol. The van der Waals surface area contributed by atoms with Gasteiger partial charge in [0.1, 0.15) is 6.61 Å². The third-order valence-corrected chi connectivity index (χ3v) is 3.45. The number of hydrogen-bond donors (Lipinski definition) is 2. The number of imide groups is 1. The lowest BCUT2D eigenvalue weighted by atomic mass is 10.2. The number of nitrogens with one attached hydrogen (secondary N) is 1. The van der Waals surface area contributed by atoms with Crippen molar-refractivity contribution in [2.45, 2.75) is 34.1 Å². The second kappa shape index (κ2) is 10.1. The summed E-state index contributed by atoms with van der Waals surface area (Å²) in [6.07, 6.45) is 1.16. The summed E-state index contributed by atoms with van der Waals surface area (Å²) in [5, 5.41) is 8.13.